The second kappa shape index (κ2) is 4.28. The van der Waals surface area contributed by atoms with Crippen molar-refractivity contribution in [2.24, 2.45) is 5.92 Å². The normalized spacial score (nSPS) is 33.3. The van der Waals surface area contributed by atoms with E-state index in [1.807, 2.05) is 0 Å². The van der Waals surface area contributed by atoms with Crippen molar-refractivity contribution in [3.8, 4) is 0 Å². The lowest BCUT2D eigenvalue weighted by molar-refractivity contribution is -0.163. The highest BCUT2D eigenvalue weighted by Crippen LogP contribution is 2.19. The number of amides is 2. The first kappa shape index (κ1) is 10.6. The number of hydrogen-bond acceptors (Lipinski definition) is 4. The lowest BCUT2D eigenvalue weighted by Crippen LogP contribution is -2.57. The van der Waals surface area contributed by atoms with Crippen LogP contribution in [0.15, 0.2) is 0 Å². The molecule has 5 nitrogen and oxygen atoms in total. The zero-order valence-electron chi connectivity index (χ0n) is 8.86. The van der Waals surface area contributed by atoms with Crippen LogP contribution in [0.3, 0.4) is 0 Å². The Morgan fingerprint density at radius 1 is 1.33 bits per heavy atom. The molecule has 0 saturated carbocycles. The highest BCUT2D eigenvalue weighted by Gasteiger charge is 2.36. The molecule has 2 fully saturated rings. The Morgan fingerprint density at radius 3 is 2.60 bits per heavy atom. The fourth-order valence-electron chi connectivity index (χ4n) is 2.26. The molecule has 2 amide bonds. The van der Waals surface area contributed by atoms with E-state index in [1.165, 1.54) is 4.90 Å². The summed E-state index contributed by atoms with van der Waals surface area (Å²) in [6.45, 7) is 3.88. The van der Waals surface area contributed by atoms with Gasteiger partial charge in [-0.2, -0.15) is 0 Å². The SMILES string of the molecule is CC1CNCCC1N1C(=O)COCC1=O. The second-order valence-corrected chi connectivity index (χ2v) is 4.19. The van der Waals surface area contributed by atoms with E-state index in [9.17, 15) is 9.59 Å². The zero-order valence-corrected chi connectivity index (χ0v) is 8.86. The Hall–Kier alpha value is -0.940. The van der Waals surface area contributed by atoms with E-state index in [0.717, 1.165) is 19.5 Å². The number of imide groups is 1. The summed E-state index contributed by atoms with van der Waals surface area (Å²) in [5.74, 6) is -0.0558. The molecule has 0 radical (unpaired) electrons. The van der Waals surface area contributed by atoms with E-state index in [1.54, 1.807) is 0 Å². The van der Waals surface area contributed by atoms with Gasteiger partial charge in [0.15, 0.2) is 0 Å². The van der Waals surface area contributed by atoms with Gasteiger partial charge in [0.2, 0.25) is 0 Å². The first-order valence-electron chi connectivity index (χ1n) is 5.33. The van der Waals surface area contributed by atoms with Crippen molar-refractivity contribution >= 4 is 11.8 Å². The van der Waals surface area contributed by atoms with E-state index in [2.05, 4.69) is 12.2 Å². The number of hydrogen-bond donors (Lipinski definition) is 1. The van der Waals surface area contributed by atoms with Crippen LogP contribution in [0.2, 0.25) is 0 Å². The number of carbonyl (C=O) groups excluding carboxylic acids is 2. The minimum absolute atomic E-state index is 0.0440. The van der Waals surface area contributed by atoms with Gasteiger partial charge in [-0.25, -0.2) is 0 Å². The minimum Gasteiger partial charge on any atom is -0.362 e. The number of morpholine rings is 1. The van der Waals surface area contributed by atoms with Crippen molar-refractivity contribution in [1.82, 2.24) is 10.2 Å². The molecule has 1 N–H and O–H groups in total. The molecule has 2 saturated heterocycles. The van der Waals surface area contributed by atoms with Gasteiger partial charge in [0.25, 0.3) is 11.8 Å². The summed E-state index contributed by atoms with van der Waals surface area (Å²) in [5.41, 5.74) is 0. The average molecular weight is 212 g/mol. The third-order valence-corrected chi connectivity index (χ3v) is 3.06. The van der Waals surface area contributed by atoms with Gasteiger partial charge in [-0.3, -0.25) is 14.5 Å². The molecular formula is C10H16N2O3. The summed E-state index contributed by atoms with van der Waals surface area (Å²) in [6, 6.07) is 0.0511. The fourth-order valence-corrected chi connectivity index (χ4v) is 2.26. The first-order chi connectivity index (χ1) is 7.20. The van der Waals surface area contributed by atoms with Crippen LogP contribution in [-0.4, -0.2) is 49.1 Å². The number of rotatable bonds is 1. The topological polar surface area (TPSA) is 58.6 Å². The van der Waals surface area contributed by atoms with Crippen LogP contribution >= 0.6 is 0 Å². The molecule has 2 atom stereocenters. The molecule has 84 valence electrons. The Kier molecular flexibility index (Phi) is 3.02. The van der Waals surface area contributed by atoms with Crippen molar-refractivity contribution in [2.75, 3.05) is 26.3 Å². The quantitative estimate of drug-likeness (QED) is 0.588. The number of ether oxygens (including phenoxy) is 1. The molecule has 5 heteroatoms. The lowest BCUT2D eigenvalue weighted by atomic mass is 9.93. The molecule has 0 bridgehead atoms. The van der Waals surface area contributed by atoms with Crippen LogP contribution in [0.1, 0.15) is 13.3 Å². The fraction of sp³-hybridized carbons (Fsp3) is 0.800. The highest BCUT2D eigenvalue weighted by molar-refractivity contribution is 5.98. The van der Waals surface area contributed by atoms with E-state index in [4.69, 9.17) is 4.74 Å². The first-order valence-corrected chi connectivity index (χ1v) is 5.33. The highest BCUT2D eigenvalue weighted by atomic mass is 16.5. The van der Waals surface area contributed by atoms with Gasteiger partial charge in [0.1, 0.15) is 13.2 Å². The Morgan fingerprint density at radius 2 is 2.00 bits per heavy atom. The molecule has 0 aromatic carbocycles. The third kappa shape index (κ3) is 2.03. The van der Waals surface area contributed by atoms with Crippen molar-refractivity contribution in [3.05, 3.63) is 0 Å². The molecule has 2 unspecified atom stereocenters. The van der Waals surface area contributed by atoms with Crippen molar-refractivity contribution in [3.63, 3.8) is 0 Å². The van der Waals surface area contributed by atoms with Crippen LogP contribution in [0.25, 0.3) is 0 Å². The maximum absolute atomic E-state index is 11.6. The average Bonchev–Trinajstić information content (AvgIpc) is 2.20. The molecule has 2 rings (SSSR count). The maximum Gasteiger partial charge on any atom is 0.255 e. The van der Waals surface area contributed by atoms with Gasteiger partial charge in [0, 0.05) is 6.04 Å². The van der Waals surface area contributed by atoms with Crippen molar-refractivity contribution < 1.29 is 14.3 Å². The van der Waals surface area contributed by atoms with E-state index in [-0.39, 0.29) is 31.1 Å². The summed E-state index contributed by atoms with van der Waals surface area (Å²) in [4.78, 5) is 24.6. The van der Waals surface area contributed by atoms with Crippen LogP contribution in [0.5, 0.6) is 0 Å². The molecule has 2 heterocycles. The number of piperidine rings is 1. The summed E-state index contributed by atoms with van der Waals surface area (Å²) in [6.07, 6.45) is 0.846. The van der Waals surface area contributed by atoms with Gasteiger partial charge in [-0.15, -0.1) is 0 Å². The molecule has 0 aromatic heterocycles. The Balaban J connectivity index is 2.12. The van der Waals surface area contributed by atoms with Crippen molar-refractivity contribution in [1.29, 1.82) is 0 Å². The molecule has 15 heavy (non-hydrogen) atoms. The van der Waals surface area contributed by atoms with Crippen LogP contribution in [-0.2, 0) is 14.3 Å². The molecular weight excluding hydrogens is 196 g/mol. The van der Waals surface area contributed by atoms with Crippen molar-refractivity contribution in [2.45, 2.75) is 19.4 Å². The van der Waals surface area contributed by atoms with Crippen LogP contribution in [0.4, 0.5) is 0 Å². The maximum atomic E-state index is 11.6. The summed E-state index contributed by atoms with van der Waals surface area (Å²) < 4.78 is 4.89. The van der Waals surface area contributed by atoms with E-state index in [0.29, 0.717) is 5.92 Å². The molecule has 0 aliphatic carbocycles. The Labute approximate surface area is 88.8 Å². The number of carbonyl (C=O) groups is 2. The molecule has 0 spiro atoms. The summed E-state index contributed by atoms with van der Waals surface area (Å²) in [7, 11) is 0. The third-order valence-electron chi connectivity index (χ3n) is 3.06. The zero-order chi connectivity index (χ0) is 10.8. The summed E-state index contributed by atoms with van der Waals surface area (Å²) >= 11 is 0. The summed E-state index contributed by atoms with van der Waals surface area (Å²) in [5, 5.41) is 3.25. The predicted octanol–water partition coefficient (Wildman–Crippen LogP) is -0.630. The lowest BCUT2D eigenvalue weighted by Gasteiger charge is -2.39. The monoisotopic (exact) mass is 212 g/mol. The van der Waals surface area contributed by atoms with Gasteiger partial charge in [0.05, 0.1) is 0 Å². The smallest absolute Gasteiger partial charge is 0.255 e. The second-order valence-electron chi connectivity index (χ2n) is 4.19. The van der Waals surface area contributed by atoms with E-state index < -0.39 is 0 Å². The van der Waals surface area contributed by atoms with E-state index >= 15 is 0 Å². The standard InChI is InChI=1S/C10H16N2O3/c1-7-4-11-3-2-8(7)12-9(13)5-15-6-10(12)14/h7-8,11H,2-6H2,1H3. The largest absolute Gasteiger partial charge is 0.362 e. The van der Waals surface area contributed by atoms with Gasteiger partial charge < -0.3 is 10.1 Å². The number of nitrogens with one attached hydrogen (secondary N) is 1. The van der Waals surface area contributed by atoms with Gasteiger partial charge in [-0.05, 0) is 25.4 Å². The Bertz CT molecular complexity index is 264. The van der Waals surface area contributed by atoms with Gasteiger partial charge in [-0.1, -0.05) is 6.92 Å². The van der Waals surface area contributed by atoms with Crippen LogP contribution < -0.4 is 5.32 Å². The number of nitrogens with zero attached hydrogens (tertiary/aromatic N) is 1. The van der Waals surface area contributed by atoms with Gasteiger partial charge >= 0.3 is 0 Å². The molecule has 0 aromatic rings. The molecule has 2 aliphatic rings. The minimum atomic E-state index is -0.190. The predicted molar refractivity (Wildman–Crippen MR) is 53.1 cm³/mol. The molecule has 2 aliphatic heterocycles. The van der Waals surface area contributed by atoms with Crippen LogP contribution in [0, 0.1) is 5.92 Å².